The molecule has 0 N–H and O–H groups in total. The number of carbonyl (C=O) groups is 2. The molecule has 1 unspecified atom stereocenters. The van der Waals surface area contributed by atoms with Crippen LogP contribution in [0.1, 0.15) is 18.2 Å². The highest BCUT2D eigenvalue weighted by atomic mass is 16.6. The van der Waals surface area contributed by atoms with Crippen LogP contribution in [-0.2, 0) is 9.59 Å². The molecule has 1 aliphatic heterocycles. The first-order valence-electron chi connectivity index (χ1n) is 8.73. The van der Waals surface area contributed by atoms with E-state index >= 15 is 0 Å². The van der Waals surface area contributed by atoms with Crippen LogP contribution in [0, 0.1) is 20.2 Å². The van der Waals surface area contributed by atoms with Crippen molar-refractivity contribution in [3.63, 3.8) is 0 Å². The zero-order valence-electron chi connectivity index (χ0n) is 15.5. The topological polar surface area (TPSA) is 170 Å². The summed E-state index contributed by atoms with van der Waals surface area (Å²) in [5.74, 6) is -1.39. The Morgan fingerprint density at radius 3 is 2.32 bits per heavy atom. The normalized spacial score (nSPS) is 14.7. The van der Waals surface area contributed by atoms with Crippen molar-refractivity contribution in [2.24, 2.45) is 0 Å². The number of anilines is 1. The summed E-state index contributed by atoms with van der Waals surface area (Å²) in [5, 5.41) is 35.5. The Hall–Kier alpha value is -4.75. The van der Waals surface area contributed by atoms with Crippen LogP contribution in [0.3, 0.4) is 0 Å². The van der Waals surface area contributed by atoms with Crippen LogP contribution < -0.4 is 5.01 Å². The van der Waals surface area contributed by atoms with Crippen molar-refractivity contribution in [2.45, 2.75) is 12.6 Å². The summed E-state index contributed by atoms with van der Waals surface area (Å²) in [4.78, 5) is 46.6. The Bertz CT molecular complexity index is 1180. The first kappa shape index (κ1) is 19.6. The highest BCUT2D eigenvalue weighted by molar-refractivity contribution is 6.12. The maximum Gasteiger partial charge on any atom is 0.301 e. The van der Waals surface area contributed by atoms with E-state index in [9.17, 15) is 29.8 Å². The molecule has 4 rings (SSSR count). The molecule has 1 fully saturated rings. The number of nitrogens with zero attached hydrogens (tertiary/aromatic N) is 8. The van der Waals surface area contributed by atoms with Gasteiger partial charge in [0.05, 0.1) is 15.9 Å². The molecule has 2 heterocycles. The quantitative estimate of drug-likeness (QED) is 0.320. The molecule has 1 saturated heterocycles. The van der Waals surface area contributed by atoms with Gasteiger partial charge in [0.15, 0.2) is 6.17 Å². The smallest absolute Gasteiger partial charge is 0.272 e. The summed E-state index contributed by atoms with van der Waals surface area (Å²) < 4.78 is 1.22. The summed E-state index contributed by atoms with van der Waals surface area (Å²) in [6, 6.07) is 11.3. The van der Waals surface area contributed by atoms with Gasteiger partial charge in [-0.1, -0.05) is 30.3 Å². The number of nitro benzene ring substituents is 2. The van der Waals surface area contributed by atoms with Crippen LogP contribution in [0.2, 0.25) is 0 Å². The van der Waals surface area contributed by atoms with Gasteiger partial charge in [0.1, 0.15) is 18.4 Å². The standard InChI is InChI=1S/C17H12N8O6/c26-15-9-16(27)23(17(21-10-18-19-20-21)11-4-2-1-3-5-11)22(15)13-7-6-12(24(28)29)8-14(13)25(30)31/h1-8,10,17H,9H2. The van der Waals surface area contributed by atoms with E-state index < -0.39 is 45.6 Å². The van der Waals surface area contributed by atoms with Gasteiger partial charge in [-0.3, -0.25) is 29.8 Å². The van der Waals surface area contributed by atoms with Crippen LogP contribution in [0.4, 0.5) is 17.1 Å². The molecule has 1 aliphatic rings. The monoisotopic (exact) mass is 424 g/mol. The predicted molar refractivity (Wildman–Crippen MR) is 101 cm³/mol. The van der Waals surface area contributed by atoms with Crippen molar-refractivity contribution in [1.29, 1.82) is 0 Å². The SMILES string of the molecule is O=C1CC(=O)N(C(c2ccccc2)n2cnnn2)N1c1ccc([N+](=O)[O-])cc1[N+](=O)[O-]. The fourth-order valence-corrected chi connectivity index (χ4v) is 3.28. The molecular weight excluding hydrogens is 412 g/mol. The molecule has 14 heteroatoms. The van der Waals surface area contributed by atoms with E-state index in [2.05, 4.69) is 15.5 Å². The number of amides is 2. The second-order valence-corrected chi connectivity index (χ2v) is 6.38. The number of rotatable bonds is 6. The first-order valence-corrected chi connectivity index (χ1v) is 8.73. The molecule has 31 heavy (non-hydrogen) atoms. The second-order valence-electron chi connectivity index (χ2n) is 6.38. The van der Waals surface area contributed by atoms with Crippen LogP contribution >= 0.6 is 0 Å². The number of aromatic nitrogens is 4. The maximum absolute atomic E-state index is 12.8. The van der Waals surface area contributed by atoms with Gasteiger partial charge in [-0.25, -0.2) is 14.7 Å². The maximum atomic E-state index is 12.8. The summed E-state index contributed by atoms with van der Waals surface area (Å²) in [5.41, 5.74) is -1.00. The highest BCUT2D eigenvalue weighted by Gasteiger charge is 2.45. The summed E-state index contributed by atoms with van der Waals surface area (Å²) in [6.45, 7) is 0. The number of nitro groups is 2. The Labute approximate surface area is 172 Å². The number of hydrogen-bond acceptors (Lipinski definition) is 9. The largest absolute Gasteiger partial charge is 0.301 e. The van der Waals surface area contributed by atoms with E-state index in [1.54, 1.807) is 30.3 Å². The zero-order valence-corrected chi connectivity index (χ0v) is 15.5. The molecule has 1 atom stereocenters. The van der Waals surface area contributed by atoms with Crippen molar-refractivity contribution in [2.75, 3.05) is 5.01 Å². The van der Waals surface area contributed by atoms with Crippen molar-refractivity contribution in [3.05, 3.63) is 80.7 Å². The third-order valence-corrected chi connectivity index (χ3v) is 4.55. The Morgan fingerprint density at radius 2 is 1.71 bits per heavy atom. The van der Waals surface area contributed by atoms with Crippen LogP contribution in [0.5, 0.6) is 0 Å². The molecule has 0 spiro atoms. The van der Waals surface area contributed by atoms with E-state index in [1.165, 1.54) is 11.0 Å². The fourth-order valence-electron chi connectivity index (χ4n) is 3.28. The minimum absolute atomic E-state index is 0.291. The molecule has 156 valence electrons. The van der Waals surface area contributed by atoms with E-state index in [-0.39, 0.29) is 5.69 Å². The van der Waals surface area contributed by atoms with Crippen molar-refractivity contribution in [3.8, 4) is 0 Å². The number of hydrogen-bond donors (Lipinski definition) is 0. The zero-order chi connectivity index (χ0) is 22.1. The Kier molecular flexibility index (Phi) is 4.79. The van der Waals surface area contributed by atoms with E-state index in [1.807, 2.05) is 0 Å². The van der Waals surface area contributed by atoms with Gasteiger partial charge >= 0.3 is 5.69 Å². The van der Waals surface area contributed by atoms with E-state index in [4.69, 9.17) is 0 Å². The third-order valence-electron chi connectivity index (χ3n) is 4.55. The minimum Gasteiger partial charge on any atom is -0.272 e. The Morgan fingerprint density at radius 1 is 0.968 bits per heavy atom. The van der Waals surface area contributed by atoms with Gasteiger partial charge in [-0.2, -0.15) is 0 Å². The molecule has 0 radical (unpaired) electrons. The van der Waals surface area contributed by atoms with Crippen molar-refractivity contribution < 1.29 is 19.4 Å². The van der Waals surface area contributed by atoms with Crippen LogP contribution in [0.15, 0.2) is 54.9 Å². The molecule has 0 saturated carbocycles. The molecule has 14 nitrogen and oxygen atoms in total. The van der Waals surface area contributed by atoms with Gasteiger partial charge in [-0.15, -0.1) is 5.10 Å². The third kappa shape index (κ3) is 3.41. The summed E-state index contributed by atoms with van der Waals surface area (Å²) >= 11 is 0. The van der Waals surface area contributed by atoms with Gasteiger partial charge in [-0.05, 0) is 22.1 Å². The molecule has 0 aliphatic carbocycles. The fraction of sp³-hybridized carbons (Fsp3) is 0.118. The molecule has 3 aromatic rings. The van der Waals surface area contributed by atoms with Crippen LogP contribution in [-0.4, -0.2) is 46.9 Å². The van der Waals surface area contributed by atoms with Crippen molar-refractivity contribution in [1.82, 2.24) is 25.2 Å². The molecular formula is C17H12N8O6. The molecule has 2 amide bonds. The molecule has 1 aromatic heterocycles. The second kappa shape index (κ2) is 7.58. The lowest BCUT2D eigenvalue weighted by Crippen LogP contribution is -2.46. The van der Waals surface area contributed by atoms with Gasteiger partial charge < -0.3 is 0 Å². The number of tetrazole rings is 1. The molecule has 2 aromatic carbocycles. The number of carbonyl (C=O) groups excluding carboxylic acids is 2. The average molecular weight is 424 g/mol. The number of benzene rings is 2. The highest BCUT2D eigenvalue weighted by Crippen LogP contribution is 2.38. The Balaban J connectivity index is 1.90. The number of non-ortho nitro benzene ring substituents is 1. The lowest BCUT2D eigenvalue weighted by molar-refractivity contribution is -0.393. The molecule has 0 bridgehead atoms. The number of hydrazine groups is 1. The van der Waals surface area contributed by atoms with Gasteiger partial charge in [0.2, 0.25) is 0 Å². The lowest BCUT2D eigenvalue weighted by atomic mass is 10.1. The van der Waals surface area contributed by atoms with Crippen LogP contribution in [0.25, 0.3) is 0 Å². The first-order chi connectivity index (χ1) is 14.9. The van der Waals surface area contributed by atoms with Gasteiger partial charge in [0.25, 0.3) is 17.5 Å². The summed E-state index contributed by atoms with van der Waals surface area (Å²) in [7, 11) is 0. The lowest BCUT2D eigenvalue weighted by Gasteiger charge is -2.34. The van der Waals surface area contributed by atoms with E-state index in [0.717, 1.165) is 28.2 Å². The summed E-state index contributed by atoms with van der Waals surface area (Å²) in [6.07, 6.45) is -0.361. The van der Waals surface area contributed by atoms with E-state index in [0.29, 0.717) is 5.56 Å². The predicted octanol–water partition coefficient (Wildman–Crippen LogP) is 1.22. The van der Waals surface area contributed by atoms with Gasteiger partial charge in [0, 0.05) is 6.07 Å². The van der Waals surface area contributed by atoms with Crippen molar-refractivity contribution >= 4 is 28.9 Å². The minimum atomic E-state index is -1.04. The average Bonchev–Trinajstić information content (AvgIpc) is 3.37.